The van der Waals surface area contributed by atoms with E-state index in [1.54, 1.807) is 0 Å². The van der Waals surface area contributed by atoms with Crippen LogP contribution < -0.4 is 33.2 Å². The maximum absolute atomic E-state index is 13.0. The van der Waals surface area contributed by atoms with Crippen LogP contribution in [0.25, 0.3) is 0 Å². The molecule has 0 saturated heterocycles. The number of nitrogens with two attached hydrogens (primary N) is 3. The number of aromatic hydroxyl groups is 1. The van der Waals surface area contributed by atoms with Gasteiger partial charge in [-0.05, 0) is 30.5 Å². The molecule has 2 rings (SSSR count). The zero-order valence-corrected chi connectivity index (χ0v) is 20.6. The molecule has 3 atom stereocenters. The molecular formula is C23H33N9O6. The summed E-state index contributed by atoms with van der Waals surface area (Å²) in [6, 6.07) is 2.50. The number of phenolic OH excluding ortho intramolecular Hbond substituents is 1. The van der Waals surface area contributed by atoms with Crippen LogP contribution in [0.5, 0.6) is 5.75 Å². The first kappa shape index (κ1) is 29.6. The van der Waals surface area contributed by atoms with Crippen LogP contribution in [0.15, 0.2) is 41.8 Å². The number of carboxylic acid groups (broad SMARTS) is 1. The highest BCUT2D eigenvalue weighted by atomic mass is 16.4. The van der Waals surface area contributed by atoms with E-state index in [0.29, 0.717) is 17.7 Å². The maximum atomic E-state index is 13.0. The van der Waals surface area contributed by atoms with E-state index in [9.17, 15) is 29.4 Å². The number of phenols is 1. The lowest BCUT2D eigenvalue weighted by Gasteiger charge is -2.22. The SMILES string of the molecule is NC(N)=NCCCC(NC(=O)CNC(=O)C(N)Cc1cnc[nH]1)C(=O)NC(Cc1ccc(O)cc1)C(=O)O. The normalized spacial score (nSPS) is 13.0. The number of carbonyl (C=O) groups is 4. The van der Waals surface area contributed by atoms with Crippen molar-refractivity contribution < 1.29 is 29.4 Å². The fourth-order valence-corrected chi connectivity index (χ4v) is 3.38. The highest BCUT2D eigenvalue weighted by Gasteiger charge is 2.27. The van der Waals surface area contributed by atoms with Crippen LogP contribution in [-0.2, 0) is 32.0 Å². The largest absolute Gasteiger partial charge is 0.508 e. The van der Waals surface area contributed by atoms with Crippen LogP contribution in [0.1, 0.15) is 24.1 Å². The van der Waals surface area contributed by atoms with Crippen molar-refractivity contribution in [1.29, 1.82) is 0 Å². The molecule has 3 unspecified atom stereocenters. The number of H-pyrrole nitrogens is 1. The van der Waals surface area contributed by atoms with E-state index in [1.807, 2.05) is 0 Å². The van der Waals surface area contributed by atoms with Crippen molar-refractivity contribution in [3.05, 3.63) is 48.0 Å². The topological polar surface area (TPSA) is 264 Å². The first-order chi connectivity index (χ1) is 18.0. The summed E-state index contributed by atoms with van der Waals surface area (Å²) in [6.07, 6.45) is 3.49. The molecule has 15 heteroatoms. The van der Waals surface area contributed by atoms with Crippen molar-refractivity contribution >= 4 is 29.7 Å². The second kappa shape index (κ2) is 14.8. The number of benzene rings is 1. The van der Waals surface area contributed by atoms with E-state index >= 15 is 0 Å². The van der Waals surface area contributed by atoms with Crippen LogP contribution in [0.2, 0.25) is 0 Å². The van der Waals surface area contributed by atoms with Crippen LogP contribution >= 0.6 is 0 Å². The lowest BCUT2D eigenvalue weighted by atomic mass is 10.0. The Morgan fingerprint density at radius 3 is 2.34 bits per heavy atom. The number of nitrogens with one attached hydrogen (secondary N) is 4. The Labute approximate surface area is 218 Å². The molecule has 0 aliphatic rings. The number of guanidine groups is 1. The Kier molecular flexibility index (Phi) is 11.5. The molecule has 38 heavy (non-hydrogen) atoms. The summed E-state index contributed by atoms with van der Waals surface area (Å²) < 4.78 is 0. The van der Waals surface area contributed by atoms with Crippen LogP contribution in [0.3, 0.4) is 0 Å². The number of nitrogens with zero attached hydrogens (tertiary/aromatic N) is 2. The Morgan fingerprint density at radius 2 is 1.74 bits per heavy atom. The van der Waals surface area contributed by atoms with Crippen LogP contribution in [0.4, 0.5) is 0 Å². The van der Waals surface area contributed by atoms with Gasteiger partial charge < -0.3 is 48.3 Å². The first-order valence-corrected chi connectivity index (χ1v) is 11.7. The van der Waals surface area contributed by atoms with Gasteiger partial charge in [-0.2, -0.15) is 0 Å². The number of imidazole rings is 1. The molecule has 0 aliphatic carbocycles. The summed E-state index contributed by atoms with van der Waals surface area (Å²) in [4.78, 5) is 60.0. The Hall–Kier alpha value is -4.66. The van der Waals surface area contributed by atoms with Gasteiger partial charge in [0, 0.05) is 31.3 Å². The number of aliphatic carboxylic acids is 1. The third-order valence-corrected chi connectivity index (χ3v) is 5.34. The molecule has 0 radical (unpaired) electrons. The van der Waals surface area contributed by atoms with Gasteiger partial charge in [-0.25, -0.2) is 9.78 Å². The van der Waals surface area contributed by atoms with Crippen LogP contribution in [-0.4, -0.2) is 81.0 Å². The van der Waals surface area contributed by atoms with Gasteiger partial charge >= 0.3 is 5.97 Å². The molecule has 15 nitrogen and oxygen atoms in total. The minimum atomic E-state index is -1.30. The number of aliphatic imine (C=N–C) groups is 1. The number of amides is 3. The highest BCUT2D eigenvalue weighted by Crippen LogP contribution is 2.12. The number of carboxylic acids is 1. The van der Waals surface area contributed by atoms with Crippen molar-refractivity contribution in [3.63, 3.8) is 0 Å². The fraction of sp³-hybridized carbons (Fsp3) is 0.391. The third-order valence-electron chi connectivity index (χ3n) is 5.34. The van der Waals surface area contributed by atoms with Gasteiger partial charge in [0.2, 0.25) is 17.7 Å². The van der Waals surface area contributed by atoms with Crippen molar-refractivity contribution in [2.24, 2.45) is 22.2 Å². The molecular weight excluding hydrogens is 498 g/mol. The van der Waals surface area contributed by atoms with Crippen molar-refractivity contribution in [2.45, 2.75) is 43.8 Å². The van der Waals surface area contributed by atoms with E-state index in [0.717, 1.165) is 0 Å². The minimum Gasteiger partial charge on any atom is -0.508 e. The summed E-state index contributed by atoms with van der Waals surface area (Å²) in [6.45, 7) is -0.278. The molecule has 1 aromatic heterocycles. The molecule has 0 fully saturated rings. The average Bonchev–Trinajstić information content (AvgIpc) is 3.37. The lowest BCUT2D eigenvalue weighted by Crippen LogP contribution is -2.54. The van der Waals surface area contributed by atoms with Gasteiger partial charge in [0.1, 0.15) is 17.8 Å². The Morgan fingerprint density at radius 1 is 1.03 bits per heavy atom. The average molecular weight is 532 g/mol. The minimum absolute atomic E-state index is 0.0163. The summed E-state index contributed by atoms with van der Waals surface area (Å²) in [5.41, 5.74) is 17.7. The predicted octanol–water partition coefficient (Wildman–Crippen LogP) is -2.55. The summed E-state index contributed by atoms with van der Waals surface area (Å²) in [7, 11) is 0. The van der Waals surface area contributed by atoms with Crippen molar-refractivity contribution in [2.75, 3.05) is 13.1 Å². The quantitative estimate of drug-likeness (QED) is 0.0659. The molecule has 0 saturated carbocycles. The third kappa shape index (κ3) is 10.5. The summed E-state index contributed by atoms with van der Waals surface area (Å²) in [5, 5.41) is 26.4. The van der Waals surface area contributed by atoms with Gasteiger partial charge in [0.15, 0.2) is 5.96 Å². The maximum Gasteiger partial charge on any atom is 0.326 e. The van der Waals surface area contributed by atoms with E-state index < -0.39 is 48.4 Å². The number of aromatic amines is 1. The van der Waals surface area contributed by atoms with Gasteiger partial charge in [0.25, 0.3) is 0 Å². The number of carbonyl (C=O) groups excluding carboxylic acids is 3. The van der Waals surface area contributed by atoms with E-state index in [2.05, 4.69) is 30.9 Å². The molecule has 1 heterocycles. The second-order valence-corrected chi connectivity index (χ2v) is 8.44. The molecule has 12 N–H and O–H groups in total. The van der Waals surface area contributed by atoms with Crippen LogP contribution in [0, 0.1) is 0 Å². The molecule has 0 aliphatic heterocycles. The monoisotopic (exact) mass is 531 g/mol. The number of hydrogen-bond acceptors (Lipinski definition) is 8. The smallest absolute Gasteiger partial charge is 0.326 e. The van der Waals surface area contributed by atoms with Crippen molar-refractivity contribution in [3.8, 4) is 5.75 Å². The number of hydrogen-bond donors (Lipinski definition) is 9. The van der Waals surface area contributed by atoms with E-state index in [4.69, 9.17) is 17.2 Å². The number of aromatic nitrogens is 2. The van der Waals surface area contributed by atoms with Gasteiger partial charge in [-0.15, -0.1) is 0 Å². The van der Waals surface area contributed by atoms with Crippen molar-refractivity contribution in [1.82, 2.24) is 25.9 Å². The number of rotatable bonds is 15. The first-order valence-electron chi connectivity index (χ1n) is 11.7. The fourth-order valence-electron chi connectivity index (χ4n) is 3.38. The molecule has 206 valence electrons. The summed E-state index contributed by atoms with van der Waals surface area (Å²) >= 11 is 0. The van der Waals surface area contributed by atoms with Gasteiger partial charge in [-0.3, -0.25) is 19.4 Å². The van der Waals surface area contributed by atoms with Gasteiger partial charge in [0.05, 0.1) is 18.9 Å². The summed E-state index contributed by atoms with van der Waals surface area (Å²) in [5.74, 6) is -3.40. The Bertz CT molecular complexity index is 1100. The lowest BCUT2D eigenvalue weighted by molar-refractivity contribution is -0.142. The standard InChI is InChI=1S/C23H33N9O6/c24-16(9-14-10-27-12-30-14)20(35)29-11-19(34)31-17(2-1-7-28-23(25)26)21(36)32-18(22(37)38)8-13-3-5-15(33)6-4-13/h3-6,10,12,16-18,33H,1-2,7-9,11,24H2,(H,27,30)(H,29,35)(H,31,34)(H,32,36)(H,37,38)(H4,25,26,28). The zero-order valence-electron chi connectivity index (χ0n) is 20.6. The molecule has 1 aromatic carbocycles. The van der Waals surface area contributed by atoms with E-state index in [-0.39, 0.29) is 37.5 Å². The molecule has 0 bridgehead atoms. The predicted molar refractivity (Wildman–Crippen MR) is 136 cm³/mol. The highest BCUT2D eigenvalue weighted by molar-refractivity contribution is 5.92. The van der Waals surface area contributed by atoms with E-state index in [1.165, 1.54) is 36.8 Å². The second-order valence-electron chi connectivity index (χ2n) is 8.44. The molecule has 2 aromatic rings. The molecule has 0 spiro atoms. The Balaban J connectivity index is 1.99. The molecule has 3 amide bonds. The zero-order chi connectivity index (χ0) is 28.1. The van der Waals surface area contributed by atoms with Gasteiger partial charge in [-0.1, -0.05) is 12.1 Å².